The van der Waals surface area contributed by atoms with Gasteiger partial charge in [-0.2, -0.15) is 0 Å². The molecule has 1 heterocycles. The van der Waals surface area contributed by atoms with E-state index in [4.69, 9.17) is 0 Å². The maximum absolute atomic E-state index is 13.2. The van der Waals surface area contributed by atoms with Gasteiger partial charge in [-0.25, -0.2) is 17.6 Å². The summed E-state index contributed by atoms with van der Waals surface area (Å²) >= 11 is 0. The van der Waals surface area contributed by atoms with Crippen LogP contribution in [0.2, 0.25) is 0 Å². The van der Waals surface area contributed by atoms with Gasteiger partial charge in [0.15, 0.2) is 0 Å². The summed E-state index contributed by atoms with van der Waals surface area (Å²) in [6.45, 7) is -0.137. The molecule has 2 aromatic rings. The third-order valence-electron chi connectivity index (χ3n) is 2.76. The molecule has 1 aromatic carbocycles. The van der Waals surface area contributed by atoms with E-state index in [1.165, 1.54) is 18.5 Å². The first-order valence-corrected chi connectivity index (χ1v) is 6.32. The van der Waals surface area contributed by atoms with Gasteiger partial charge in [-0.3, -0.25) is 9.78 Å². The van der Waals surface area contributed by atoms with Crippen LogP contribution in [-0.4, -0.2) is 23.4 Å². The molecule has 0 spiro atoms. The van der Waals surface area contributed by atoms with Crippen molar-refractivity contribution in [2.24, 2.45) is 0 Å². The maximum atomic E-state index is 13.2. The van der Waals surface area contributed by atoms with Crippen LogP contribution in [0.1, 0.15) is 17.3 Å². The molecule has 0 atom stereocenters. The van der Waals surface area contributed by atoms with Gasteiger partial charge in [0.05, 0.1) is 12.1 Å². The minimum Gasteiger partial charge on any atom is -0.346 e. The highest BCUT2D eigenvalue weighted by Gasteiger charge is 2.22. The summed E-state index contributed by atoms with van der Waals surface area (Å²) in [5, 5.41) is 2.06. The van der Waals surface area contributed by atoms with E-state index in [2.05, 4.69) is 10.3 Å². The van der Waals surface area contributed by atoms with Gasteiger partial charge in [0.1, 0.15) is 11.6 Å². The molecule has 22 heavy (non-hydrogen) atoms. The molecule has 0 fully saturated rings. The molecule has 2 rings (SSSR count). The quantitative estimate of drug-likeness (QED) is 0.879. The Morgan fingerprint density at radius 1 is 1.09 bits per heavy atom. The third-order valence-corrected chi connectivity index (χ3v) is 2.76. The fourth-order valence-electron chi connectivity index (χ4n) is 1.78. The van der Waals surface area contributed by atoms with Crippen LogP contribution in [0.4, 0.5) is 17.6 Å². The van der Waals surface area contributed by atoms with E-state index in [1.54, 1.807) is 0 Å². The van der Waals surface area contributed by atoms with E-state index >= 15 is 0 Å². The lowest BCUT2D eigenvalue weighted by Crippen LogP contribution is -2.34. The number of pyridine rings is 1. The van der Waals surface area contributed by atoms with Crippen molar-refractivity contribution in [3.05, 3.63) is 53.9 Å². The van der Waals surface area contributed by atoms with Crippen molar-refractivity contribution in [2.45, 2.75) is 12.8 Å². The van der Waals surface area contributed by atoms with Crippen molar-refractivity contribution in [3.63, 3.8) is 0 Å². The highest BCUT2D eigenvalue weighted by molar-refractivity contribution is 5.95. The van der Waals surface area contributed by atoms with Gasteiger partial charge < -0.3 is 5.32 Å². The number of benzene rings is 1. The first kappa shape index (κ1) is 15.9. The van der Waals surface area contributed by atoms with Crippen molar-refractivity contribution in [1.29, 1.82) is 0 Å². The Labute approximate surface area is 124 Å². The number of halogens is 4. The van der Waals surface area contributed by atoms with Crippen LogP contribution < -0.4 is 5.32 Å². The number of carbonyl (C=O) groups excluding carboxylic acids is 1. The Morgan fingerprint density at radius 3 is 2.32 bits per heavy atom. The second kappa shape index (κ2) is 6.13. The molecular weight excluding hydrogens is 300 g/mol. The average Bonchev–Trinajstić information content (AvgIpc) is 2.43. The SMILES string of the molecule is CC(F)(F)CNC(=O)c1cncc(-c2cc(F)cc(F)c2)c1. The Bertz CT molecular complexity index is 678. The first-order valence-electron chi connectivity index (χ1n) is 6.32. The zero-order chi connectivity index (χ0) is 16.3. The third kappa shape index (κ3) is 4.28. The molecule has 0 aliphatic heterocycles. The zero-order valence-corrected chi connectivity index (χ0v) is 11.5. The number of alkyl halides is 2. The summed E-state index contributed by atoms with van der Waals surface area (Å²) in [7, 11) is 0. The van der Waals surface area contributed by atoms with E-state index in [0.717, 1.165) is 18.2 Å². The highest BCUT2D eigenvalue weighted by atomic mass is 19.3. The maximum Gasteiger partial charge on any atom is 0.262 e. The van der Waals surface area contributed by atoms with Gasteiger partial charge in [0, 0.05) is 30.9 Å². The smallest absolute Gasteiger partial charge is 0.262 e. The van der Waals surface area contributed by atoms with Gasteiger partial charge in [0.25, 0.3) is 11.8 Å². The monoisotopic (exact) mass is 312 g/mol. The average molecular weight is 312 g/mol. The van der Waals surface area contributed by atoms with E-state index in [9.17, 15) is 22.4 Å². The Balaban J connectivity index is 2.24. The summed E-state index contributed by atoms with van der Waals surface area (Å²) in [5.41, 5.74) is 0.515. The second-order valence-corrected chi connectivity index (χ2v) is 4.87. The summed E-state index contributed by atoms with van der Waals surface area (Å²) in [5.74, 6) is -5.31. The van der Waals surface area contributed by atoms with Crippen LogP contribution in [0.3, 0.4) is 0 Å². The number of amides is 1. The first-order chi connectivity index (χ1) is 10.2. The minimum atomic E-state index is -3.04. The molecule has 0 aliphatic rings. The largest absolute Gasteiger partial charge is 0.346 e. The van der Waals surface area contributed by atoms with Gasteiger partial charge in [-0.1, -0.05) is 0 Å². The minimum absolute atomic E-state index is 0.0198. The number of hydrogen-bond donors (Lipinski definition) is 1. The van der Waals surface area contributed by atoms with Crippen LogP contribution in [0.25, 0.3) is 11.1 Å². The zero-order valence-electron chi connectivity index (χ0n) is 11.5. The topological polar surface area (TPSA) is 42.0 Å². The fourth-order valence-corrected chi connectivity index (χ4v) is 1.78. The number of nitrogens with one attached hydrogen (secondary N) is 1. The molecule has 3 nitrogen and oxygen atoms in total. The van der Waals surface area contributed by atoms with Crippen molar-refractivity contribution in [2.75, 3.05) is 6.54 Å². The predicted octanol–water partition coefficient (Wildman–Crippen LogP) is 3.41. The Kier molecular flexibility index (Phi) is 4.44. The molecule has 116 valence electrons. The lowest BCUT2D eigenvalue weighted by molar-refractivity contribution is 0.0221. The Hall–Kier alpha value is -2.44. The molecule has 0 radical (unpaired) electrons. The highest BCUT2D eigenvalue weighted by Crippen LogP contribution is 2.22. The number of hydrogen-bond acceptors (Lipinski definition) is 2. The molecule has 0 unspecified atom stereocenters. The molecule has 1 amide bonds. The second-order valence-electron chi connectivity index (χ2n) is 4.87. The lowest BCUT2D eigenvalue weighted by atomic mass is 10.1. The summed E-state index contributed by atoms with van der Waals surface area (Å²) < 4.78 is 51.8. The Morgan fingerprint density at radius 2 is 1.73 bits per heavy atom. The van der Waals surface area contributed by atoms with Gasteiger partial charge in [-0.15, -0.1) is 0 Å². The molecule has 0 saturated heterocycles. The van der Waals surface area contributed by atoms with Crippen LogP contribution in [0, 0.1) is 11.6 Å². The molecule has 0 saturated carbocycles. The van der Waals surface area contributed by atoms with Crippen LogP contribution in [0.5, 0.6) is 0 Å². The molecule has 1 aromatic heterocycles. The van der Waals surface area contributed by atoms with Crippen LogP contribution in [0.15, 0.2) is 36.7 Å². The van der Waals surface area contributed by atoms with Crippen molar-refractivity contribution < 1.29 is 22.4 Å². The number of aromatic nitrogens is 1. The van der Waals surface area contributed by atoms with Gasteiger partial charge in [-0.05, 0) is 23.8 Å². The summed E-state index contributed by atoms with van der Waals surface area (Å²) in [6, 6.07) is 4.21. The van der Waals surface area contributed by atoms with Crippen LogP contribution >= 0.6 is 0 Å². The number of nitrogens with zero attached hydrogens (tertiary/aromatic N) is 1. The lowest BCUT2D eigenvalue weighted by Gasteiger charge is -2.11. The van der Waals surface area contributed by atoms with Gasteiger partial charge >= 0.3 is 0 Å². The van der Waals surface area contributed by atoms with Crippen LogP contribution in [-0.2, 0) is 0 Å². The molecule has 7 heteroatoms. The number of carbonyl (C=O) groups is 1. The van der Waals surface area contributed by atoms with Gasteiger partial charge in [0.2, 0.25) is 0 Å². The van der Waals surface area contributed by atoms with E-state index in [0.29, 0.717) is 12.5 Å². The van der Waals surface area contributed by atoms with E-state index < -0.39 is 30.0 Å². The normalized spacial score (nSPS) is 11.3. The van der Waals surface area contributed by atoms with E-state index in [1.807, 2.05) is 0 Å². The number of rotatable bonds is 4. The van der Waals surface area contributed by atoms with Crippen molar-refractivity contribution >= 4 is 5.91 Å². The predicted molar refractivity (Wildman–Crippen MR) is 72.5 cm³/mol. The van der Waals surface area contributed by atoms with Crippen molar-refractivity contribution in [1.82, 2.24) is 10.3 Å². The molecule has 0 aliphatic carbocycles. The molecule has 1 N–H and O–H groups in total. The standard InChI is InChI=1S/C15H12F4N2O/c1-15(18,19)8-21-14(22)11-2-10(6-20-7-11)9-3-12(16)5-13(17)4-9/h2-7H,8H2,1H3,(H,21,22). The van der Waals surface area contributed by atoms with E-state index in [-0.39, 0.29) is 11.1 Å². The molecule has 0 bridgehead atoms. The molecular formula is C15H12F4N2O. The summed E-state index contributed by atoms with van der Waals surface area (Å²) in [6.07, 6.45) is 2.50. The fraction of sp³-hybridized carbons (Fsp3) is 0.200. The summed E-state index contributed by atoms with van der Waals surface area (Å²) in [4.78, 5) is 15.6. The van der Waals surface area contributed by atoms with Crippen molar-refractivity contribution in [3.8, 4) is 11.1 Å².